The Labute approximate surface area is 198 Å². The number of amides is 1. The molecule has 2 N–H and O–H groups in total. The van der Waals surface area contributed by atoms with E-state index in [4.69, 9.17) is 21.1 Å². The van der Waals surface area contributed by atoms with E-state index in [1.54, 1.807) is 43.3 Å². The van der Waals surface area contributed by atoms with E-state index in [1.165, 1.54) is 31.4 Å². The summed E-state index contributed by atoms with van der Waals surface area (Å²) in [6.07, 6.45) is -0.323. The number of aryl methyl sites for hydroxylation is 1. The lowest BCUT2D eigenvalue weighted by Gasteiger charge is -2.19. The number of nitrogens with one attached hydrogen (secondary N) is 2. The SMILES string of the molecule is CC[C@H](Oc1ccccc1OC)C(=O)Nc1ccc(S(=O)(=O)Nc2cc(Cl)ccc2C)cc1. The Bertz CT molecular complexity index is 1230. The number of carbonyl (C=O) groups excluding carboxylic acids is 1. The predicted molar refractivity (Wildman–Crippen MR) is 130 cm³/mol. The number of benzene rings is 3. The minimum atomic E-state index is -3.83. The van der Waals surface area contributed by atoms with Crippen LogP contribution in [0.1, 0.15) is 18.9 Å². The molecule has 0 aliphatic heterocycles. The zero-order chi connectivity index (χ0) is 24.0. The highest BCUT2D eigenvalue weighted by Gasteiger charge is 2.21. The average molecular weight is 489 g/mol. The second-order valence-electron chi connectivity index (χ2n) is 7.24. The van der Waals surface area contributed by atoms with Crippen LogP contribution in [0.5, 0.6) is 11.5 Å². The minimum Gasteiger partial charge on any atom is -0.493 e. The summed E-state index contributed by atoms with van der Waals surface area (Å²) in [5.74, 6) is 0.637. The number of hydrogen-bond acceptors (Lipinski definition) is 5. The van der Waals surface area contributed by atoms with E-state index < -0.39 is 16.1 Å². The van der Waals surface area contributed by atoms with E-state index in [0.717, 1.165) is 5.56 Å². The fourth-order valence-corrected chi connectivity index (χ4v) is 4.33. The molecule has 0 heterocycles. The molecule has 7 nitrogen and oxygen atoms in total. The van der Waals surface area contributed by atoms with E-state index in [0.29, 0.717) is 34.3 Å². The van der Waals surface area contributed by atoms with E-state index in [9.17, 15) is 13.2 Å². The Morgan fingerprint density at radius 2 is 1.70 bits per heavy atom. The van der Waals surface area contributed by atoms with Crippen LogP contribution in [0.15, 0.2) is 71.6 Å². The standard InChI is InChI=1S/C24H25ClN2O5S/c1-4-21(32-23-8-6-5-7-22(23)31-3)24(28)26-18-11-13-19(14-12-18)33(29,30)27-20-15-17(25)10-9-16(20)2/h5-15,21,27H,4H2,1-3H3,(H,26,28)/t21-/m0/s1. The summed E-state index contributed by atoms with van der Waals surface area (Å²) in [7, 11) is -2.30. The highest BCUT2D eigenvalue weighted by molar-refractivity contribution is 7.92. The van der Waals surface area contributed by atoms with E-state index in [-0.39, 0.29) is 10.8 Å². The fraction of sp³-hybridized carbons (Fsp3) is 0.208. The molecule has 0 saturated heterocycles. The lowest BCUT2D eigenvalue weighted by molar-refractivity contribution is -0.122. The number of halogens is 1. The molecular weight excluding hydrogens is 464 g/mol. The zero-order valence-corrected chi connectivity index (χ0v) is 20.0. The molecule has 0 spiro atoms. The summed E-state index contributed by atoms with van der Waals surface area (Å²) in [4.78, 5) is 12.8. The summed E-state index contributed by atoms with van der Waals surface area (Å²) >= 11 is 5.97. The van der Waals surface area contributed by atoms with Crippen molar-refractivity contribution in [1.82, 2.24) is 0 Å². The monoisotopic (exact) mass is 488 g/mol. The average Bonchev–Trinajstić information content (AvgIpc) is 2.80. The van der Waals surface area contributed by atoms with Gasteiger partial charge in [0.2, 0.25) is 0 Å². The van der Waals surface area contributed by atoms with Crippen molar-refractivity contribution in [3.8, 4) is 11.5 Å². The van der Waals surface area contributed by atoms with Gasteiger partial charge < -0.3 is 14.8 Å². The number of ether oxygens (including phenoxy) is 2. The number of anilines is 2. The number of para-hydroxylation sites is 2. The molecule has 33 heavy (non-hydrogen) atoms. The largest absolute Gasteiger partial charge is 0.493 e. The molecule has 0 saturated carbocycles. The topological polar surface area (TPSA) is 93.7 Å². The van der Waals surface area contributed by atoms with E-state index in [1.807, 2.05) is 13.0 Å². The predicted octanol–water partition coefficient (Wildman–Crippen LogP) is 5.25. The third kappa shape index (κ3) is 6.18. The molecule has 1 amide bonds. The Balaban J connectivity index is 1.70. The maximum Gasteiger partial charge on any atom is 0.265 e. The summed E-state index contributed by atoms with van der Waals surface area (Å²) in [5, 5.41) is 3.19. The summed E-state index contributed by atoms with van der Waals surface area (Å²) in [5.41, 5.74) is 1.59. The van der Waals surface area contributed by atoms with E-state index >= 15 is 0 Å². The molecule has 174 valence electrons. The van der Waals surface area contributed by atoms with Gasteiger partial charge in [0, 0.05) is 10.7 Å². The van der Waals surface area contributed by atoms with Crippen LogP contribution in [0.2, 0.25) is 5.02 Å². The molecule has 1 atom stereocenters. The number of sulfonamides is 1. The van der Waals surface area contributed by atoms with Crippen molar-refractivity contribution in [2.75, 3.05) is 17.1 Å². The van der Waals surface area contributed by atoms with Crippen LogP contribution in [-0.4, -0.2) is 27.5 Å². The van der Waals surface area contributed by atoms with Gasteiger partial charge in [-0.1, -0.05) is 36.7 Å². The Morgan fingerprint density at radius 3 is 2.33 bits per heavy atom. The molecule has 0 unspecified atom stereocenters. The van der Waals surface area contributed by atoms with Crippen molar-refractivity contribution in [1.29, 1.82) is 0 Å². The van der Waals surface area contributed by atoms with Gasteiger partial charge in [-0.15, -0.1) is 0 Å². The highest BCUT2D eigenvalue weighted by Crippen LogP contribution is 2.28. The molecule has 0 fully saturated rings. The van der Waals surface area contributed by atoms with Crippen LogP contribution in [0.25, 0.3) is 0 Å². The van der Waals surface area contributed by atoms with Crippen molar-refractivity contribution >= 4 is 38.9 Å². The maximum absolute atomic E-state index is 12.7. The normalized spacial score (nSPS) is 12.0. The van der Waals surface area contributed by atoms with Gasteiger partial charge in [0.1, 0.15) is 0 Å². The lowest BCUT2D eigenvalue weighted by atomic mass is 10.2. The zero-order valence-electron chi connectivity index (χ0n) is 18.5. The van der Waals surface area contributed by atoms with Crippen molar-refractivity contribution in [2.45, 2.75) is 31.3 Å². The van der Waals surface area contributed by atoms with Gasteiger partial charge in [-0.3, -0.25) is 9.52 Å². The van der Waals surface area contributed by atoms with Gasteiger partial charge >= 0.3 is 0 Å². The molecule has 0 aliphatic carbocycles. The summed E-state index contributed by atoms with van der Waals surface area (Å²) in [6, 6.07) is 17.9. The summed E-state index contributed by atoms with van der Waals surface area (Å²) in [6.45, 7) is 3.61. The number of hydrogen-bond donors (Lipinski definition) is 2. The van der Waals surface area contributed by atoms with Crippen LogP contribution >= 0.6 is 11.6 Å². The van der Waals surface area contributed by atoms with Crippen molar-refractivity contribution in [3.63, 3.8) is 0 Å². The first-order valence-corrected chi connectivity index (χ1v) is 12.1. The van der Waals surface area contributed by atoms with Gasteiger partial charge in [-0.2, -0.15) is 0 Å². The van der Waals surface area contributed by atoms with Crippen LogP contribution in [0.3, 0.4) is 0 Å². The second-order valence-corrected chi connectivity index (χ2v) is 9.36. The maximum atomic E-state index is 12.7. The first-order valence-electron chi connectivity index (χ1n) is 10.2. The number of rotatable bonds is 9. The van der Waals surface area contributed by atoms with Crippen molar-refractivity contribution in [3.05, 3.63) is 77.3 Å². The van der Waals surface area contributed by atoms with Crippen molar-refractivity contribution in [2.24, 2.45) is 0 Å². The quantitative estimate of drug-likeness (QED) is 0.429. The van der Waals surface area contributed by atoms with Gasteiger partial charge in [0.25, 0.3) is 15.9 Å². The lowest BCUT2D eigenvalue weighted by Crippen LogP contribution is -2.32. The molecular formula is C24H25ClN2O5S. The second kappa shape index (κ2) is 10.6. The molecule has 0 radical (unpaired) electrons. The third-order valence-corrected chi connectivity index (χ3v) is 6.49. The molecule has 3 rings (SSSR count). The Hall–Kier alpha value is -3.23. The van der Waals surface area contributed by atoms with Crippen LogP contribution in [0.4, 0.5) is 11.4 Å². The molecule has 0 aromatic heterocycles. The molecule has 3 aromatic carbocycles. The Morgan fingerprint density at radius 1 is 1.03 bits per heavy atom. The first-order chi connectivity index (χ1) is 15.7. The van der Waals surface area contributed by atoms with E-state index in [2.05, 4.69) is 10.0 Å². The molecule has 9 heteroatoms. The number of carbonyl (C=O) groups is 1. The molecule has 0 aliphatic rings. The van der Waals surface area contributed by atoms with Gasteiger partial charge in [0.15, 0.2) is 17.6 Å². The van der Waals surface area contributed by atoms with Crippen LogP contribution in [0, 0.1) is 6.92 Å². The van der Waals surface area contributed by atoms with Gasteiger partial charge in [-0.25, -0.2) is 8.42 Å². The highest BCUT2D eigenvalue weighted by atomic mass is 35.5. The van der Waals surface area contributed by atoms with Crippen molar-refractivity contribution < 1.29 is 22.7 Å². The van der Waals surface area contributed by atoms with Gasteiger partial charge in [0.05, 0.1) is 17.7 Å². The third-order valence-electron chi connectivity index (χ3n) is 4.88. The molecule has 3 aromatic rings. The minimum absolute atomic E-state index is 0.0530. The fourth-order valence-electron chi connectivity index (χ4n) is 3.04. The van der Waals surface area contributed by atoms with Crippen LogP contribution < -0.4 is 19.5 Å². The first kappa shape index (κ1) is 24.4. The van der Waals surface area contributed by atoms with Crippen LogP contribution in [-0.2, 0) is 14.8 Å². The number of methoxy groups -OCH3 is 1. The summed E-state index contributed by atoms with van der Waals surface area (Å²) < 4.78 is 39.1. The Kier molecular flexibility index (Phi) is 7.84. The van der Waals surface area contributed by atoms with Gasteiger partial charge in [-0.05, 0) is 67.4 Å². The smallest absolute Gasteiger partial charge is 0.265 e. The molecule has 0 bridgehead atoms.